The molecule has 0 saturated carbocycles. The molecule has 1 aromatic rings. The highest BCUT2D eigenvalue weighted by molar-refractivity contribution is 5.85. The fraction of sp³-hybridized carbons (Fsp3) is 0.579. The summed E-state index contributed by atoms with van der Waals surface area (Å²) in [7, 11) is 1.33. The number of hydrogen-bond donors (Lipinski definition) is 2. The van der Waals surface area contributed by atoms with Gasteiger partial charge in [0.1, 0.15) is 6.04 Å². The number of quaternary nitrogens is 1. The van der Waals surface area contributed by atoms with Gasteiger partial charge in [0.15, 0.2) is 6.54 Å². The first-order chi connectivity index (χ1) is 13.3. The minimum Gasteiger partial charge on any atom is -0.467 e. The average molecular weight is 393 g/mol. The van der Waals surface area contributed by atoms with Gasteiger partial charge in [-0.05, 0) is 18.1 Å². The Hall–Kier alpha value is -2.68. The number of anilines is 1. The van der Waals surface area contributed by atoms with Gasteiger partial charge < -0.3 is 19.9 Å². The van der Waals surface area contributed by atoms with Crippen LogP contribution in [-0.2, 0) is 14.3 Å². The summed E-state index contributed by atoms with van der Waals surface area (Å²) in [5, 5.41) is 13.6. The molecule has 9 nitrogen and oxygen atoms in total. The lowest BCUT2D eigenvalue weighted by Crippen LogP contribution is -3.16. The van der Waals surface area contributed by atoms with Gasteiger partial charge in [-0.15, -0.1) is 0 Å². The van der Waals surface area contributed by atoms with Crippen LogP contribution in [-0.4, -0.2) is 62.7 Å². The third kappa shape index (κ3) is 5.66. The van der Waals surface area contributed by atoms with E-state index in [4.69, 9.17) is 4.74 Å². The van der Waals surface area contributed by atoms with E-state index in [0.717, 1.165) is 43.2 Å². The number of rotatable bonds is 8. The number of non-ortho nitro benzene ring substituents is 1. The van der Waals surface area contributed by atoms with Crippen molar-refractivity contribution in [2.45, 2.75) is 26.3 Å². The van der Waals surface area contributed by atoms with Crippen molar-refractivity contribution in [3.8, 4) is 0 Å². The molecular formula is C19H29N4O5+. The van der Waals surface area contributed by atoms with Gasteiger partial charge in [0.2, 0.25) is 0 Å². The standard InChI is InChI=1S/C19H28N4O5/c1-4-14(2)18(19(25)28-3)20-17(24)13-21-9-11-22(12-10-21)15-5-7-16(8-6-15)23(26)27/h5-8,14,18H,4,9-13H2,1-3H3,(H,20,24)/p+1/t14-,18-/m1/s1. The van der Waals surface area contributed by atoms with E-state index in [1.54, 1.807) is 12.1 Å². The topological polar surface area (TPSA) is 106 Å². The van der Waals surface area contributed by atoms with E-state index in [1.165, 1.54) is 19.2 Å². The zero-order valence-electron chi connectivity index (χ0n) is 16.6. The second-order valence-corrected chi connectivity index (χ2v) is 7.14. The predicted octanol–water partition coefficient (Wildman–Crippen LogP) is 0.00360. The Kier molecular flexibility index (Phi) is 7.74. The molecule has 154 valence electrons. The highest BCUT2D eigenvalue weighted by Gasteiger charge is 2.29. The Morgan fingerprint density at radius 1 is 1.29 bits per heavy atom. The van der Waals surface area contributed by atoms with Gasteiger partial charge in [-0.1, -0.05) is 20.3 Å². The average Bonchev–Trinajstić information content (AvgIpc) is 2.71. The van der Waals surface area contributed by atoms with Crippen LogP contribution in [0.25, 0.3) is 0 Å². The third-order valence-corrected chi connectivity index (χ3v) is 5.29. The van der Waals surface area contributed by atoms with E-state index in [1.807, 2.05) is 13.8 Å². The van der Waals surface area contributed by atoms with E-state index in [0.29, 0.717) is 6.54 Å². The van der Waals surface area contributed by atoms with Crippen LogP contribution in [0.4, 0.5) is 11.4 Å². The zero-order valence-corrected chi connectivity index (χ0v) is 16.6. The second kappa shape index (κ2) is 10.0. The summed E-state index contributed by atoms with van der Waals surface area (Å²) in [6, 6.07) is 5.89. The Morgan fingerprint density at radius 3 is 2.39 bits per heavy atom. The Morgan fingerprint density at radius 2 is 1.89 bits per heavy atom. The van der Waals surface area contributed by atoms with E-state index in [9.17, 15) is 19.7 Å². The molecule has 9 heteroatoms. The molecule has 2 N–H and O–H groups in total. The van der Waals surface area contributed by atoms with Gasteiger partial charge >= 0.3 is 5.97 Å². The molecule has 1 saturated heterocycles. The van der Waals surface area contributed by atoms with Gasteiger partial charge in [-0.2, -0.15) is 0 Å². The maximum atomic E-state index is 12.4. The number of ether oxygens (including phenoxy) is 1. The number of piperazine rings is 1. The van der Waals surface area contributed by atoms with Crippen LogP contribution in [0.5, 0.6) is 0 Å². The molecule has 0 aromatic heterocycles. The van der Waals surface area contributed by atoms with Gasteiger partial charge in [0, 0.05) is 17.8 Å². The monoisotopic (exact) mass is 393 g/mol. The molecule has 1 heterocycles. The number of carbonyl (C=O) groups excluding carboxylic acids is 2. The Bertz CT molecular complexity index is 686. The summed E-state index contributed by atoms with van der Waals surface area (Å²) < 4.78 is 4.80. The largest absolute Gasteiger partial charge is 0.467 e. The zero-order chi connectivity index (χ0) is 20.7. The quantitative estimate of drug-likeness (QED) is 0.366. The van der Waals surface area contributed by atoms with Gasteiger partial charge in [0.25, 0.3) is 11.6 Å². The minimum atomic E-state index is -0.622. The van der Waals surface area contributed by atoms with E-state index >= 15 is 0 Å². The summed E-state index contributed by atoms with van der Waals surface area (Å²) in [5.74, 6) is -0.569. The number of esters is 1. The third-order valence-electron chi connectivity index (χ3n) is 5.29. The molecule has 2 atom stereocenters. The van der Waals surface area contributed by atoms with Crippen LogP contribution in [0.2, 0.25) is 0 Å². The Labute approximate surface area is 164 Å². The molecule has 0 spiro atoms. The van der Waals surface area contributed by atoms with E-state index in [-0.39, 0.29) is 17.5 Å². The van der Waals surface area contributed by atoms with Crippen molar-refractivity contribution in [1.82, 2.24) is 5.32 Å². The molecule has 1 aliphatic rings. The van der Waals surface area contributed by atoms with Crippen molar-refractivity contribution < 1.29 is 24.1 Å². The van der Waals surface area contributed by atoms with Crippen LogP contribution in [0.1, 0.15) is 20.3 Å². The summed E-state index contributed by atoms with van der Waals surface area (Å²) >= 11 is 0. The molecule has 0 radical (unpaired) electrons. The smallest absolute Gasteiger partial charge is 0.328 e. The van der Waals surface area contributed by atoms with Gasteiger partial charge in [-0.3, -0.25) is 14.9 Å². The fourth-order valence-electron chi connectivity index (χ4n) is 3.29. The van der Waals surface area contributed by atoms with Crippen LogP contribution in [0.3, 0.4) is 0 Å². The summed E-state index contributed by atoms with van der Waals surface area (Å²) in [4.78, 5) is 38.0. The van der Waals surface area contributed by atoms with E-state index in [2.05, 4.69) is 10.2 Å². The van der Waals surface area contributed by atoms with Crippen molar-refractivity contribution in [2.24, 2.45) is 5.92 Å². The second-order valence-electron chi connectivity index (χ2n) is 7.14. The van der Waals surface area contributed by atoms with E-state index < -0.39 is 16.9 Å². The number of hydrogen-bond acceptors (Lipinski definition) is 6. The highest BCUT2D eigenvalue weighted by Crippen LogP contribution is 2.19. The lowest BCUT2D eigenvalue weighted by Gasteiger charge is -2.33. The number of nitro groups is 1. The highest BCUT2D eigenvalue weighted by atomic mass is 16.6. The molecule has 1 amide bonds. The first-order valence-corrected chi connectivity index (χ1v) is 9.55. The van der Waals surface area contributed by atoms with Gasteiger partial charge in [0.05, 0.1) is 38.2 Å². The lowest BCUT2D eigenvalue weighted by atomic mass is 9.99. The van der Waals surface area contributed by atoms with Crippen molar-refractivity contribution in [2.75, 3.05) is 44.7 Å². The SMILES string of the molecule is CC[C@@H](C)[C@@H](NC(=O)C[NH+]1CCN(c2ccc([N+](=O)[O-])cc2)CC1)C(=O)OC. The van der Waals surface area contributed by atoms with Crippen LogP contribution < -0.4 is 15.1 Å². The number of amides is 1. The Balaban J connectivity index is 1.85. The molecule has 0 unspecified atom stereocenters. The maximum Gasteiger partial charge on any atom is 0.328 e. The predicted molar refractivity (Wildman–Crippen MR) is 104 cm³/mol. The molecule has 2 rings (SSSR count). The minimum absolute atomic E-state index is 0.00499. The molecule has 1 fully saturated rings. The summed E-state index contributed by atoms with van der Waals surface area (Å²) in [6.45, 7) is 7.25. The molecule has 28 heavy (non-hydrogen) atoms. The molecule has 1 aliphatic heterocycles. The first kappa shape index (κ1) is 21.6. The lowest BCUT2D eigenvalue weighted by molar-refractivity contribution is -0.892. The number of benzene rings is 1. The molecule has 1 aromatic carbocycles. The number of nitrogens with zero attached hydrogens (tertiary/aromatic N) is 2. The number of nitro benzene ring substituents is 1. The normalized spacial score (nSPS) is 16.9. The van der Waals surface area contributed by atoms with Crippen LogP contribution in [0, 0.1) is 16.0 Å². The number of nitrogens with one attached hydrogen (secondary N) is 2. The van der Waals surface area contributed by atoms with Gasteiger partial charge in [-0.25, -0.2) is 4.79 Å². The molecule has 0 bridgehead atoms. The summed E-state index contributed by atoms with van der Waals surface area (Å²) in [6.07, 6.45) is 0.765. The summed E-state index contributed by atoms with van der Waals surface area (Å²) in [5.41, 5.74) is 1.02. The van der Waals surface area contributed by atoms with Crippen LogP contribution >= 0.6 is 0 Å². The fourth-order valence-corrected chi connectivity index (χ4v) is 3.29. The van der Waals surface area contributed by atoms with Crippen molar-refractivity contribution in [3.63, 3.8) is 0 Å². The molecule has 0 aliphatic carbocycles. The number of methoxy groups -OCH3 is 1. The molecular weight excluding hydrogens is 364 g/mol. The van der Waals surface area contributed by atoms with Crippen LogP contribution in [0.15, 0.2) is 24.3 Å². The van der Waals surface area contributed by atoms with Crippen molar-refractivity contribution >= 4 is 23.3 Å². The maximum absolute atomic E-state index is 12.4. The van der Waals surface area contributed by atoms with Crippen molar-refractivity contribution in [1.29, 1.82) is 0 Å². The van der Waals surface area contributed by atoms with Crippen molar-refractivity contribution in [3.05, 3.63) is 34.4 Å². The first-order valence-electron chi connectivity index (χ1n) is 9.55. The number of carbonyl (C=O) groups is 2.